The fourth-order valence-corrected chi connectivity index (χ4v) is 4.21. The molecule has 0 radical (unpaired) electrons. The van der Waals surface area contributed by atoms with E-state index in [1.807, 2.05) is 0 Å². The number of hydrogen-bond donors (Lipinski definition) is 1. The lowest BCUT2D eigenvalue weighted by Gasteiger charge is -2.41. The average molecular weight is 318 g/mol. The summed E-state index contributed by atoms with van der Waals surface area (Å²) < 4.78 is 11.6. The van der Waals surface area contributed by atoms with Crippen LogP contribution in [0.4, 0.5) is 0 Å². The standard InChI is InChI=1S/C18H26N2O3/c21-17(16-7-3-11-22-16)19-12-15-6-2-8-18(23-15)9-10-20(13-18)14-4-1-5-14/h3,7,11,14-15H,1-2,4-6,8-10,12-13H2,(H,19,21)/t15-,18-/m0/s1. The van der Waals surface area contributed by atoms with Crippen LogP contribution < -0.4 is 5.32 Å². The van der Waals surface area contributed by atoms with Crippen LogP contribution in [0.2, 0.25) is 0 Å². The number of likely N-dealkylation sites (tertiary alicyclic amines) is 1. The topological polar surface area (TPSA) is 54.7 Å². The van der Waals surface area contributed by atoms with Crippen molar-refractivity contribution in [1.82, 2.24) is 10.2 Å². The highest BCUT2D eigenvalue weighted by molar-refractivity contribution is 5.91. The van der Waals surface area contributed by atoms with Crippen LogP contribution in [0, 0.1) is 0 Å². The van der Waals surface area contributed by atoms with Crippen LogP contribution in [0.1, 0.15) is 55.5 Å². The van der Waals surface area contributed by atoms with Crippen LogP contribution >= 0.6 is 0 Å². The molecule has 1 spiro atoms. The van der Waals surface area contributed by atoms with Gasteiger partial charge in [-0.3, -0.25) is 9.69 Å². The van der Waals surface area contributed by atoms with E-state index in [4.69, 9.17) is 9.15 Å². The minimum Gasteiger partial charge on any atom is -0.459 e. The van der Waals surface area contributed by atoms with Gasteiger partial charge in [0, 0.05) is 25.7 Å². The highest BCUT2D eigenvalue weighted by Gasteiger charge is 2.45. The summed E-state index contributed by atoms with van der Waals surface area (Å²) in [6.07, 6.45) is 10.3. The van der Waals surface area contributed by atoms with E-state index >= 15 is 0 Å². The molecule has 23 heavy (non-hydrogen) atoms. The number of furan rings is 1. The zero-order valence-corrected chi connectivity index (χ0v) is 13.6. The molecule has 3 fully saturated rings. The van der Waals surface area contributed by atoms with Gasteiger partial charge in [-0.05, 0) is 50.7 Å². The number of carbonyl (C=O) groups is 1. The Kier molecular flexibility index (Phi) is 4.16. The van der Waals surface area contributed by atoms with Crippen molar-refractivity contribution in [2.45, 2.75) is 62.7 Å². The van der Waals surface area contributed by atoms with Crippen molar-refractivity contribution in [3.8, 4) is 0 Å². The summed E-state index contributed by atoms with van der Waals surface area (Å²) in [4.78, 5) is 14.6. The normalized spacial score (nSPS) is 32.1. The van der Waals surface area contributed by atoms with Gasteiger partial charge in [0.2, 0.25) is 0 Å². The molecule has 126 valence electrons. The molecule has 3 heterocycles. The van der Waals surface area contributed by atoms with E-state index in [0.717, 1.165) is 25.4 Å². The molecule has 2 aliphatic heterocycles. The molecule has 5 heteroatoms. The zero-order valence-electron chi connectivity index (χ0n) is 13.6. The molecule has 1 amide bonds. The molecule has 1 saturated carbocycles. The van der Waals surface area contributed by atoms with Crippen LogP contribution in [0.3, 0.4) is 0 Å². The third-order valence-corrected chi connectivity index (χ3v) is 5.75. The molecule has 1 N–H and O–H groups in total. The van der Waals surface area contributed by atoms with Crippen LogP contribution in [-0.4, -0.2) is 48.2 Å². The van der Waals surface area contributed by atoms with E-state index in [0.29, 0.717) is 12.3 Å². The summed E-state index contributed by atoms with van der Waals surface area (Å²) in [5.41, 5.74) is 0.0356. The quantitative estimate of drug-likeness (QED) is 0.927. The molecule has 4 rings (SSSR count). The molecule has 2 atom stereocenters. The van der Waals surface area contributed by atoms with Crippen molar-refractivity contribution in [1.29, 1.82) is 0 Å². The SMILES string of the molecule is O=C(NC[C@@H]1CCC[C@@]2(CCN(C3CCC3)C2)O1)c1ccco1. The zero-order chi connectivity index (χ0) is 15.7. The Morgan fingerprint density at radius 2 is 2.22 bits per heavy atom. The van der Waals surface area contributed by atoms with Gasteiger partial charge >= 0.3 is 0 Å². The lowest BCUT2D eigenvalue weighted by molar-refractivity contribution is -0.120. The smallest absolute Gasteiger partial charge is 0.287 e. The van der Waals surface area contributed by atoms with Crippen LogP contribution in [0.25, 0.3) is 0 Å². The lowest BCUT2D eigenvalue weighted by atomic mass is 9.89. The van der Waals surface area contributed by atoms with Gasteiger partial charge in [-0.25, -0.2) is 0 Å². The molecular weight excluding hydrogens is 292 g/mol. The van der Waals surface area contributed by atoms with Crippen molar-refractivity contribution >= 4 is 5.91 Å². The summed E-state index contributed by atoms with van der Waals surface area (Å²) in [5.74, 6) is 0.216. The second kappa shape index (κ2) is 6.29. The summed E-state index contributed by atoms with van der Waals surface area (Å²) in [7, 11) is 0. The lowest BCUT2D eigenvalue weighted by Crippen LogP contribution is -2.48. The second-order valence-electron chi connectivity index (χ2n) is 7.31. The Labute approximate surface area is 137 Å². The molecule has 2 saturated heterocycles. The van der Waals surface area contributed by atoms with Gasteiger partial charge in [0.1, 0.15) is 0 Å². The maximum Gasteiger partial charge on any atom is 0.287 e. The molecule has 1 aromatic heterocycles. The monoisotopic (exact) mass is 318 g/mol. The minimum absolute atomic E-state index is 0.0356. The first-order chi connectivity index (χ1) is 11.2. The van der Waals surface area contributed by atoms with Gasteiger partial charge in [0.15, 0.2) is 5.76 Å². The van der Waals surface area contributed by atoms with Gasteiger partial charge in [-0.15, -0.1) is 0 Å². The predicted molar refractivity (Wildman–Crippen MR) is 86.3 cm³/mol. The first kappa shape index (κ1) is 15.2. The molecular formula is C18H26N2O3. The average Bonchev–Trinajstić information content (AvgIpc) is 3.14. The number of hydrogen-bond acceptors (Lipinski definition) is 4. The van der Waals surface area contributed by atoms with Crippen LogP contribution in [-0.2, 0) is 4.74 Å². The number of carbonyl (C=O) groups excluding carboxylic acids is 1. The number of rotatable bonds is 4. The molecule has 0 bridgehead atoms. The third kappa shape index (κ3) is 3.17. The molecule has 3 aliphatic rings. The number of ether oxygens (including phenoxy) is 1. The first-order valence-corrected chi connectivity index (χ1v) is 8.98. The minimum atomic E-state index is -0.152. The van der Waals surface area contributed by atoms with Gasteiger partial charge in [0.05, 0.1) is 18.0 Å². The molecule has 0 unspecified atom stereocenters. The Balaban J connectivity index is 1.30. The Morgan fingerprint density at radius 3 is 2.96 bits per heavy atom. The van der Waals surface area contributed by atoms with Gasteiger partial charge in [-0.2, -0.15) is 0 Å². The van der Waals surface area contributed by atoms with Crippen LogP contribution in [0.5, 0.6) is 0 Å². The predicted octanol–water partition coefficient (Wildman–Crippen LogP) is 2.58. The molecule has 1 aliphatic carbocycles. The van der Waals surface area contributed by atoms with Crippen molar-refractivity contribution in [3.63, 3.8) is 0 Å². The van der Waals surface area contributed by atoms with Gasteiger partial charge in [0.25, 0.3) is 5.91 Å². The van der Waals surface area contributed by atoms with Crippen molar-refractivity contribution in [2.24, 2.45) is 0 Å². The van der Waals surface area contributed by atoms with E-state index in [1.165, 1.54) is 44.9 Å². The van der Waals surface area contributed by atoms with E-state index < -0.39 is 0 Å². The van der Waals surface area contributed by atoms with E-state index in [1.54, 1.807) is 12.1 Å². The maximum absolute atomic E-state index is 12.0. The largest absolute Gasteiger partial charge is 0.459 e. The molecule has 5 nitrogen and oxygen atoms in total. The molecule has 1 aromatic rings. The second-order valence-corrected chi connectivity index (χ2v) is 7.31. The maximum atomic E-state index is 12.0. The first-order valence-electron chi connectivity index (χ1n) is 8.98. The van der Waals surface area contributed by atoms with Gasteiger partial charge in [-0.1, -0.05) is 6.42 Å². The van der Waals surface area contributed by atoms with Gasteiger partial charge < -0.3 is 14.5 Å². The van der Waals surface area contributed by atoms with Crippen molar-refractivity contribution in [2.75, 3.05) is 19.6 Å². The highest BCUT2D eigenvalue weighted by atomic mass is 16.5. The number of nitrogens with zero attached hydrogens (tertiary/aromatic N) is 1. The highest BCUT2D eigenvalue weighted by Crippen LogP contribution is 2.39. The number of amides is 1. The summed E-state index contributed by atoms with van der Waals surface area (Å²) in [5, 5.41) is 2.95. The van der Waals surface area contributed by atoms with E-state index in [2.05, 4.69) is 10.2 Å². The van der Waals surface area contributed by atoms with E-state index in [-0.39, 0.29) is 17.6 Å². The fourth-order valence-electron chi connectivity index (χ4n) is 4.21. The number of nitrogens with one attached hydrogen (secondary N) is 1. The van der Waals surface area contributed by atoms with E-state index in [9.17, 15) is 4.79 Å². The Hall–Kier alpha value is -1.33. The summed E-state index contributed by atoms with van der Waals surface area (Å²) in [6, 6.07) is 4.22. The van der Waals surface area contributed by atoms with Crippen molar-refractivity contribution < 1.29 is 13.9 Å². The van der Waals surface area contributed by atoms with Crippen LogP contribution in [0.15, 0.2) is 22.8 Å². The van der Waals surface area contributed by atoms with Crippen molar-refractivity contribution in [3.05, 3.63) is 24.2 Å². The fraction of sp³-hybridized carbons (Fsp3) is 0.722. The summed E-state index contributed by atoms with van der Waals surface area (Å²) in [6.45, 7) is 2.83. The third-order valence-electron chi connectivity index (χ3n) is 5.75. The Morgan fingerprint density at radius 1 is 1.30 bits per heavy atom. The Bertz CT molecular complexity index is 540. The summed E-state index contributed by atoms with van der Waals surface area (Å²) >= 11 is 0. The molecule has 0 aromatic carbocycles.